The van der Waals surface area contributed by atoms with Gasteiger partial charge in [-0.2, -0.15) is 0 Å². The van der Waals surface area contributed by atoms with Gasteiger partial charge in [-0.05, 0) is 0 Å². The molecule has 0 aromatic carbocycles. The second kappa shape index (κ2) is 7.45. The molecule has 10 nitrogen and oxygen atoms in total. The monoisotopic (exact) mass is 326 g/mol. The van der Waals surface area contributed by atoms with Gasteiger partial charge in [-0.15, -0.1) is 0 Å². The van der Waals surface area contributed by atoms with E-state index >= 15 is 0 Å². The highest BCUT2D eigenvalue weighted by Gasteiger charge is 2.47. The molecule has 0 aromatic heterocycles. The lowest BCUT2D eigenvalue weighted by molar-refractivity contribution is -0.366. The number of ether oxygens (including phenoxy) is 3. The van der Waals surface area contributed by atoms with Crippen molar-refractivity contribution >= 4 is 0 Å². The highest BCUT2D eigenvalue weighted by molar-refractivity contribution is 4.90. The summed E-state index contributed by atoms with van der Waals surface area (Å²) >= 11 is 0. The molecule has 2 fully saturated rings. The van der Waals surface area contributed by atoms with Crippen molar-refractivity contribution in [3.05, 3.63) is 0 Å². The summed E-state index contributed by atoms with van der Waals surface area (Å²) < 4.78 is 15.5. The first-order valence-corrected chi connectivity index (χ1v) is 6.97. The van der Waals surface area contributed by atoms with Gasteiger partial charge in [0.05, 0.1) is 19.3 Å². The Hall–Kier alpha value is -0.400. The topological polar surface area (TPSA) is 169 Å². The number of aliphatic hydroxyl groups is 7. The lowest BCUT2D eigenvalue weighted by atomic mass is 9.99. The lowest BCUT2D eigenvalue weighted by Gasteiger charge is -2.43. The maximum atomic E-state index is 9.84. The average molecular weight is 326 g/mol. The molecule has 0 aromatic rings. The van der Waals surface area contributed by atoms with Gasteiger partial charge in [-0.25, -0.2) is 0 Å². The molecule has 2 heterocycles. The van der Waals surface area contributed by atoms with Crippen molar-refractivity contribution in [1.82, 2.24) is 0 Å². The number of rotatable bonds is 4. The van der Waals surface area contributed by atoms with Crippen LogP contribution in [0.1, 0.15) is 6.42 Å². The van der Waals surface area contributed by atoms with E-state index in [2.05, 4.69) is 0 Å². The van der Waals surface area contributed by atoms with Crippen LogP contribution in [0.3, 0.4) is 0 Å². The molecule has 7 N–H and O–H groups in total. The quantitative estimate of drug-likeness (QED) is 0.268. The first-order chi connectivity index (χ1) is 10.4. The van der Waals surface area contributed by atoms with Crippen LogP contribution in [0.4, 0.5) is 0 Å². The Bertz CT molecular complexity index is 353. The molecule has 2 aliphatic rings. The molecule has 2 saturated heterocycles. The minimum Gasteiger partial charge on any atom is -0.394 e. The van der Waals surface area contributed by atoms with E-state index in [1.807, 2.05) is 0 Å². The van der Waals surface area contributed by atoms with E-state index in [0.29, 0.717) is 0 Å². The smallest absolute Gasteiger partial charge is 0.189 e. The molecule has 0 amide bonds. The van der Waals surface area contributed by atoms with Crippen LogP contribution in [-0.4, -0.2) is 104 Å². The maximum Gasteiger partial charge on any atom is 0.189 e. The summed E-state index contributed by atoms with van der Waals surface area (Å²) in [6.45, 7) is -1.11. The predicted molar refractivity (Wildman–Crippen MR) is 67.2 cm³/mol. The van der Waals surface area contributed by atoms with E-state index in [1.165, 1.54) is 0 Å². The van der Waals surface area contributed by atoms with E-state index in [0.717, 1.165) is 0 Å². The molecule has 22 heavy (non-hydrogen) atoms. The van der Waals surface area contributed by atoms with Gasteiger partial charge >= 0.3 is 0 Å². The predicted octanol–water partition coefficient (Wildman–Crippen LogP) is -4.37. The third-order valence-electron chi connectivity index (χ3n) is 3.83. The maximum absolute atomic E-state index is 9.84. The summed E-state index contributed by atoms with van der Waals surface area (Å²) in [7, 11) is 0. The van der Waals surface area contributed by atoms with Crippen LogP contribution in [0.5, 0.6) is 0 Å². The molecule has 0 saturated carbocycles. The second-order valence-electron chi connectivity index (χ2n) is 5.43. The fourth-order valence-electron chi connectivity index (χ4n) is 2.46. The first-order valence-electron chi connectivity index (χ1n) is 6.97. The highest BCUT2D eigenvalue weighted by atomic mass is 16.8. The number of hydrogen-bond acceptors (Lipinski definition) is 10. The summed E-state index contributed by atoms with van der Waals surface area (Å²) in [5, 5.41) is 66.7. The first kappa shape index (κ1) is 17.9. The summed E-state index contributed by atoms with van der Waals surface area (Å²) in [4.78, 5) is 0. The van der Waals surface area contributed by atoms with Crippen molar-refractivity contribution in [1.29, 1.82) is 0 Å². The van der Waals surface area contributed by atoms with E-state index in [4.69, 9.17) is 24.4 Å². The summed E-state index contributed by atoms with van der Waals surface area (Å²) in [6, 6.07) is 0. The third kappa shape index (κ3) is 3.57. The van der Waals surface area contributed by atoms with Crippen molar-refractivity contribution < 1.29 is 50.0 Å². The SMILES string of the molecule is OCC1OC(OC2OC(CO)C(O)C(O)C2O)C(O)CC1O. The van der Waals surface area contributed by atoms with Gasteiger partial charge in [-0.1, -0.05) is 0 Å². The van der Waals surface area contributed by atoms with Gasteiger partial charge in [0.1, 0.15) is 36.6 Å². The minimum absolute atomic E-state index is 0.118. The Morgan fingerprint density at radius 1 is 0.727 bits per heavy atom. The molecular formula is C12H22O10. The third-order valence-corrected chi connectivity index (χ3v) is 3.83. The lowest BCUT2D eigenvalue weighted by Crippen LogP contribution is -2.61. The molecule has 2 aliphatic heterocycles. The van der Waals surface area contributed by atoms with Crippen molar-refractivity contribution in [3.8, 4) is 0 Å². The van der Waals surface area contributed by atoms with Gasteiger partial charge in [-0.3, -0.25) is 0 Å². The largest absolute Gasteiger partial charge is 0.394 e. The molecule has 0 bridgehead atoms. The van der Waals surface area contributed by atoms with Crippen molar-refractivity contribution in [3.63, 3.8) is 0 Å². The average Bonchev–Trinajstić information content (AvgIpc) is 2.50. The van der Waals surface area contributed by atoms with E-state index in [1.54, 1.807) is 0 Å². The van der Waals surface area contributed by atoms with Gasteiger partial charge in [0, 0.05) is 6.42 Å². The number of hydrogen-bond donors (Lipinski definition) is 7. The van der Waals surface area contributed by atoms with Crippen LogP contribution in [0, 0.1) is 0 Å². The Labute approximate surface area is 126 Å². The molecule has 9 atom stereocenters. The Morgan fingerprint density at radius 2 is 1.32 bits per heavy atom. The van der Waals surface area contributed by atoms with Crippen LogP contribution in [-0.2, 0) is 14.2 Å². The summed E-state index contributed by atoms with van der Waals surface area (Å²) in [5.74, 6) is 0. The zero-order chi connectivity index (χ0) is 16.4. The van der Waals surface area contributed by atoms with E-state index < -0.39 is 68.5 Å². The molecule has 9 unspecified atom stereocenters. The number of aliphatic hydroxyl groups excluding tert-OH is 7. The van der Waals surface area contributed by atoms with Gasteiger partial charge in [0.2, 0.25) is 0 Å². The van der Waals surface area contributed by atoms with Crippen LogP contribution in [0.25, 0.3) is 0 Å². The Morgan fingerprint density at radius 3 is 1.91 bits per heavy atom. The van der Waals surface area contributed by atoms with Crippen LogP contribution < -0.4 is 0 Å². The van der Waals surface area contributed by atoms with E-state index in [9.17, 15) is 25.5 Å². The molecular weight excluding hydrogens is 304 g/mol. The normalized spacial score (nSPS) is 50.0. The highest BCUT2D eigenvalue weighted by Crippen LogP contribution is 2.27. The van der Waals surface area contributed by atoms with Crippen LogP contribution in [0.2, 0.25) is 0 Å². The van der Waals surface area contributed by atoms with Crippen molar-refractivity contribution in [2.45, 2.75) is 61.7 Å². The van der Waals surface area contributed by atoms with Gasteiger partial charge < -0.3 is 50.0 Å². The molecule has 0 spiro atoms. The van der Waals surface area contributed by atoms with Crippen molar-refractivity contribution in [2.75, 3.05) is 13.2 Å². The standard InChI is InChI=1S/C12H22O10/c13-2-6-4(15)1-5(16)11(20-6)22-12-10(19)9(18)8(17)7(3-14)21-12/h4-19H,1-3H2. The van der Waals surface area contributed by atoms with Crippen LogP contribution in [0.15, 0.2) is 0 Å². The molecule has 130 valence electrons. The zero-order valence-electron chi connectivity index (χ0n) is 11.7. The van der Waals surface area contributed by atoms with Gasteiger partial charge in [0.25, 0.3) is 0 Å². The molecule has 2 rings (SSSR count). The Balaban J connectivity index is 2.02. The van der Waals surface area contributed by atoms with Crippen molar-refractivity contribution in [2.24, 2.45) is 0 Å². The zero-order valence-corrected chi connectivity index (χ0v) is 11.7. The summed E-state index contributed by atoms with van der Waals surface area (Å²) in [5.41, 5.74) is 0. The van der Waals surface area contributed by atoms with Crippen LogP contribution >= 0.6 is 0 Å². The molecule has 0 aliphatic carbocycles. The Kier molecular flexibility index (Phi) is 6.07. The fourth-order valence-corrected chi connectivity index (χ4v) is 2.46. The second-order valence-corrected chi connectivity index (χ2v) is 5.43. The minimum atomic E-state index is -1.63. The fraction of sp³-hybridized carbons (Fsp3) is 1.00. The molecule has 0 radical (unpaired) electrons. The molecule has 10 heteroatoms. The van der Waals surface area contributed by atoms with Gasteiger partial charge in [0.15, 0.2) is 12.6 Å². The van der Waals surface area contributed by atoms with E-state index in [-0.39, 0.29) is 6.42 Å². The summed E-state index contributed by atoms with van der Waals surface area (Å²) in [6.07, 6.45) is -12.1.